The quantitative estimate of drug-likeness (QED) is 0.153. The standard InChI is InChI=1S/C26H50N2O3/c1-4-5-6-7-8-9-10-11-12-13-14-15-16-17-18-22-25(29)27-23-20-19-21-24(26(30)31)28(2)3/h5-6,24H,4,7-23H2,1-3H3,(H,27,29)(H,30,31)/b6-5+/t24-/m0/s1. The third-order valence-electron chi connectivity index (χ3n) is 5.81. The van der Waals surface area contributed by atoms with E-state index in [0.717, 1.165) is 32.1 Å². The molecule has 0 radical (unpaired) electrons. The molecular formula is C26H50N2O3. The Balaban J connectivity index is 3.34. The Bertz CT molecular complexity index is 464. The predicted octanol–water partition coefficient (Wildman–Crippen LogP) is 6.33. The number of carbonyl (C=O) groups is 2. The largest absolute Gasteiger partial charge is 0.480 e. The average molecular weight is 439 g/mol. The molecule has 5 heteroatoms. The number of carbonyl (C=O) groups excluding carboxylic acids is 1. The molecule has 0 aromatic heterocycles. The molecule has 0 spiro atoms. The fourth-order valence-electron chi connectivity index (χ4n) is 3.80. The minimum absolute atomic E-state index is 0.132. The number of hydrogen-bond acceptors (Lipinski definition) is 3. The van der Waals surface area contributed by atoms with Gasteiger partial charge in [0.25, 0.3) is 0 Å². The molecule has 0 aromatic rings. The first-order chi connectivity index (χ1) is 15.0. The minimum atomic E-state index is -0.778. The van der Waals surface area contributed by atoms with Crippen LogP contribution in [0.15, 0.2) is 12.2 Å². The summed E-state index contributed by atoms with van der Waals surface area (Å²) in [6.45, 7) is 2.83. The second-order valence-electron chi connectivity index (χ2n) is 8.97. The summed E-state index contributed by atoms with van der Waals surface area (Å²) in [5.74, 6) is -0.646. The summed E-state index contributed by atoms with van der Waals surface area (Å²) in [7, 11) is 3.58. The number of nitrogens with zero attached hydrogens (tertiary/aromatic N) is 1. The van der Waals surface area contributed by atoms with Crippen LogP contribution in [-0.4, -0.2) is 48.6 Å². The van der Waals surface area contributed by atoms with E-state index in [-0.39, 0.29) is 5.91 Å². The van der Waals surface area contributed by atoms with Crippen molar-refractivity contribution in [3.05, 3.63) is 12.2 Å². The van der Waals surface area contributed by atoms with Gasteiger partial charge in [-0.15, -0.1) is 0 Å². The molecule has 0 aliphatic carbocycles. The normalized spacial score (nSPS) is 12.5. The van der Waals surface area contributed by atoms with Gasteiger partial charge in [0.1, 0.15) is 6.04 Å². The fourth-order valence-corrected chi connectivity index (χ4v) is 3.80. The van der Waals surface area contributed by atoms with Gasteiger partial charge in [-0.25, -0.2) is 0 Å². The van der Waals surface area contributed by atoms with Gasteiger partial charge in [-0.3, -0.25) is 14.5 Å². The number of likely N-dealkylation sites (N-methyl/N-ethyl adjacent to an activating group) is 1. The zero-order valence-electron chi connectivity index (χ0n) is 20.7. The van der Waals surface area contributed by atoms with Gasteiger partial charge in [0.15, 0.2) is 0 Å². The molecule has 0 saturated heterocycles. The first kappa shape index (κ1) is 29.6. The Kier molecular flexibility index (Phi) is 20.9. The zero-order chi connectivity index (χ0) is 23.2. The van der Waals surface area contributed by atoms with Crippen molar-refractivity contribution in [3.8, 4) is 0 Å². The lowest BCUT2D eigenvalue weighted by Crippen LogP contribution is -2.35. The molecule has 0 heterocycles. The van der Waals surface area contributed by atoms with E-state index in [9.17, 15) is 9.59 Å². The van der Waals surface area contributed by atoms with Gasteiger partial charge < -0.3 is 10.4 Å². The maximum atomic E-state index is 11.9. The van der Waals surface area contributed by atoms with E-state index in [2.05, 4.69) is 24.4 Å². The summed E-state index contributed by atoms with van der Waals surface area (Å²) in [5, 5.41) is 12.1. The summed E-state index contributed by atoms with van der Waals surface area (Å²) in [6, 6.07) is -0.436. The molecule has 182 valence electrons. The van der Waals surface area contributed by atoms with Crippen LogP contribution in [0.1, 0.15) is 116 Å². The highest BCUT2D eigenvalue weighted by atomic mass is 16.4. The van der Waals surface area contributed by atoms with Crippen LogP contribution >= 0.6 is 0 Å². The number of rotatable bonds is 22. The zero-order valence-corrected chi connectivity index (χ0v) is 20.7. The highest BCUT2D eigenvalue weighted by Crippen LogP contribution is 2.13. The third kappa shape index (κ3) is 20.3. The van der Waals surface area contributed by atoms with E-state index >= 15 is 0 Å². The molecule has 5 nitrogen and oxygen atoms in total. The Hall–Kier alpha value is -1.36. The van der Waals surface area contributed by atoms with E-state index in [0.29, 0.717) is 19.4 Å². The topological polar surface area (TPSA) is 69.6 Å². The molecule has 0 aliphatic heterocycles. The van der Waals surface area contributed by atoms with Crippen LogP contribution in [0.5, 0.6) is 0 Å². The number of hydrogen-bond donors (Lipinski definition) is 2. The van der Waals surface area contributed by atoms with Gasteiger partial charge in [-0.05, 0) is 59.0 Å². The van der Waals surface area contributed by atoms with Gasteiger partial charge >= 0.3 is 5.97 Å². The highest BCUT2D eigenvalue weighted by Gasteiger charge is 2.18. The Labute approximate surface area is 192 Å². The van der Waals surface area contributed by atoms with Crippen LogP contribution in [0, 0.1) is 0 Å². The molecule has 2 N–H and O–H groups in total. The molecule has 1 amide bonds. The Morgan fingerprint density at radius 2 is 1.35 bits per heavy atom. The van der Waals surface area contributed by atoms with Gasteiger partial charge in [-0.2, -0.15) is 0 Å². The van der Waals surface area contributed by atoms with Crippen molar-refractivity contribution in [1.82, 2.24) is 10.2 Å². The summed E-state index contributed by atoms with van der Waals surface area (Å²) in [4.78, 5) is 24.7. The number of carboxylic acids is 1. The van der Waals surface area contributed by atoms with Gasteiger partial charge in [-0.1, -0.05) is 76.9 Å². The van der Waals surface area contributed by atoms with Crippen LogP contribution in [-0.2, 0) is 9.59 Å². The highest BCUT2D eigenvalue weighted by molar-refractivity contribution is 5.75. The van der Waals surface area contributed by atoms with Crippen molar-refractivity contribution in [1.29, 1.82) is 0 Å². The molecule has 0 aromatic carbocycles. The SMILES string of the molecule is CC/C=C/CCCCCCCCCCCCCC(=O)NCCCC[C@@H](C(=O)O)N(C)C. The summed E-state index contributed by atoms with van der Waals surface area (Å²) >= 11 is 0. The number of nitrogens with one attached hydrogen (secondary N) is 1. The number of unbranched alkanes of at least 4 members (excludes halogenated alkanes) is 12. The summed E-state index contributed by atoms with van der Waals surface area (Å²) < 4.78 is 0. The molecule has 0 bridgehead atoms. The molecular weight excluding hydrogens is 388 g/mol. The van der Waals surface area contributed by atoms with Crippen LogP contribution in [0.2, 0.25) is 0 Å². The Morgan fingerprint density at radius 1 is 0.806 bits per heavy atom. The number of allylic oxidation sites excluding steroid dienone is 2. The van der Waals surface area contributed by atoms with Crippen LogP contribution in [0.4, 0.5) is 0 Å². The van der Waals surface area contributed by atoms with Crippen molar-refractivity contribution in [2.45, 2.75) is 122 Å². The van der Waals surface area contributed by atoms with E-state index in [4.69, 9.17) is 5.11 Å². The van der Waals surface area contributed by atoms with Gasteiger partial charge in [0.05, 0.1) is 0 Å². The van der Waals surface area contributed by atoms with Crippen LogP contribution in [0.3, 0.4) is 0 Å². The average Bonchev–Trinajstić information content (AvgIpc) is 2.72. The first-order valence-electron chi connectivity index (χ1n) is 12.8. The molecule has 31 heavy (non-hydrogen) atoms. The molecule has 0 rings (SSSR count). The van der Waals surface area contributed by atoms with Crippen LogP contribution in [0.25, 0.3) is 0 Å². The van der Waals surface area contributed by atoms with Crippen molar-refractivity contribution < 1.29 is 14.7 Å². The smallest absolute Gasteiger partial charge is 0.320 e. The number of amides is 1. The minimum Gasteiger partial charge on any atom is -0.480 e. The van der Waals surface area contributed by atoms with E-state index in [1.165, 1.54) is 64.2 Å². The lowest BCUT2D eigenvalue weighted by Gasteiger charge is -2.19. The maximum absolute atomic E-state index is 11.9. The van der Waals surface area contributed by atoms with E-state index < -0.39 is 12.0 Å². The summed E-state index contributed by atoms with van der Waals surface area (Å²) in [6.07, 6.45) is 24.0. The first-order valence-corrected chi connectivity index (χ1v) is 12.8. The second-order valence-corrected chi connectivity index (χ2v) is 8.97. The second kappa shape index (κ2) is 21.9. The summed E-state index contributed by atoms with van der Waals surface area (Å²) in [5.41, 5.74) is 0. The maximum Gasteiger partial charge on any atom is 0.320 e. The molecule has 0 aliphatic rings. The fraction of sp³-hybridized carbons (Fsp3) is 0.846. The molecule has 0 fully saturated rings. The molecule has 1 atom stereocenters. The lowest BCUT2D eigenvalue weighted by molar-refractivity contribution is -0.142. The van der Waals surface area contributed by atoms with Crippen LogP contribution < -0.4 is 5.32 Å². The van der Waals surface area contributed by atoms with Crippen molar-refractivity contribution in [2.24, 2.45) is 0 Å². The third-order valence-corrected chi connectivity index (χ3v) is 5.81. The number of aliphatic carboxylic acids is 1. The molecule has 0 unspecified atom stereocenters. The monoisotopic (exact) mass is 438 g/mol. The lowest BCUT2D eigenvalue weighted by atomic mass is 10.0. The predicted molar refractivity (Wildman–Crippen MR) is 131 cm³/mol. The Morgan fingerprint density at radius 3 is 1.87 bits per heavy atom. The van der Waals surface area contributed by atoms with E-state index in [1.807, 2.05) is 0 Å². The number of carboxylic acid groups (broad SMARTS) is 1. The van der Waals surface area contributed by atoms with Crippen molar-refractivity contribution in [3.63, 3.8) is 0 Å². The van der Waals surface area contributed by atoms with Crippen molar-refractivity contribution >= 4 is 11.9 Å². The van der Waals surface area contributed by atoms with Gasteiger partial charge in [0, 0.05) is 13.0 Å². The molecule has 0 saturated carbocycles. The van der Waals surface area contributed by atoms with E-state index in [1.54, 1.807) is 19.0 Å². The van der Waals surface area contributed by atoms with Crippen molar-refractivity contribution in [2.75, 3.05) is 20.6 Å². The van der Waals surface area contributed by atoms with Gasteiger partial charge in [0.2, 0.25) is 5.91 Å².